The predicted octanol–water partition coefficient (Wildman–Crippen LogP) is 1.70. The molecule has 0 saturated heterocycles. The van der Waals surface area contributed by atoms with E-state index < -0.39 is 0 Å². The van der Waals surface area contributed by atoms with Crippen LogP contribution in [0, 0.1) is 18.3 Å². The Morgan fingerprint density at radius 1 is 1.56 bits per heavy atom. The second-order valence-corrected chi connectivity index (χ2v) is 4.47. The Morgan fingerprint density at radius 2 is 2.44 bits per heavy atom. The highest BCUT2D eigenvalue weighted by atomic mass is 16.5. The maximum atomic E-state index is 5.17. The first kappa shape index (κ1) is 11.2. The second-order valence-electron chi connectivity index (χ2n) is 4.47. The molecule has 0 amide bonds. The van der Waals surface area contributed by atoms with E-state index in [1.54, 1.807) is 0 Å². The van der Waals surface area contributed by atoms with Crippen LogP contribution in [-0.2, 0) is 6.54 Å². The molecule has 0 aromatic carbocycles. The van der Waals surface area contributed by atoms with Gasteiger partial charge in [-0.05, 0) is 25.2 Å². The van der Waals surface area contributed by atoms with E-state index in [9.17, 15) is 0 Å². The van der Waals surface area contributed by atoms with Crippen LogP contribution in [0.4, 0.5) is 0 Å². The third-order valence-electron chi connectivity index (χ3n) is 3.05. The van der Waals surface area contributed by atoms with Gasteiger partial charge in [0.05, 0.1) is 13.1 Å². The average Bonchev–Trinajstić information content (AvgIpc) is 2.87. The van der Waals surface area contributed by atoms with Gasteiger partial charge in [0.25, 0.3) is 0 Å². The lowest BCUT2D eigenvalue weighted by Crippen LogP contribution is -2.13. The monoisotopic (exact) mass is 219 g/mol. The summed E-state index contributed by atoms with van der Waals surface area (Å²) in [5, 5.41) is 7.07. The molecular formula is C12H17N3O. The fourth-order valence-electron chi connectivity index (χ4n) is 2.19. The maximum Gasteiger partial charge on any atom is 0.240 e. The van der Waals surface area contributed by atoms with Crippen LogP contribution in [0.3, 0.4) is 0 Å². The molecule has 2 rings (SSSR count). The van der Waals surface area contributed by atoms with E-state index in [1.165, 1.54) is 19.3 Å². The van der Waals surface area contributed by atoms with Crippen LogP contribution in [-0.4, -0.2) is 16.7 Å². The highest BCUT2D eigenvalue weighted by Gasteiger charge is 2.26. The Labute approximate surface area is 95.8 Å². The lowest BCUT2D eigenvalue weighted by atomic mass is 10.1. The van der Waals surface area contributed by atoms with Crippen molar-refractivity contribution in [1.29, 1.82) is 0 Å². The molecule has 1 saturated carbocycles. The fourth-order valence-corrected chi connectivity index (χ4v) is 2.19. The van der Waals surface area contributed by atoms with Gasteiger partial charge < -0.3 is 4.52 Å². The molecule has 1 aromatic rings. The summed E-state index contributed by atoms with van der Waals surface area (Å²) in [6, 6.07) is 0. The van der Waals surface area contributed by atoms with Crippen molar-refractivity contribution in [3.63, 3.8) is 0 Å². The van der Waals surface area contributed by atoms with Crippen LogP contribution in [0.25, 0.3) is 0 Å². The Kier molecular flexibility index (Phi) is 3.58. The highest BCUT2D eigenvalue weighted by Crippen LogP contribution is 2.36. The molecule has 1 aromatic heterocycles. The molecule has 4 nitrogen and oxygen atoms in total. The molecule has 1 heterocycles. The predicted molar refractivity (Wildman–Crippen MR) is 60.6 cm³/mol. The largest absolute Gasteiger partial charge is 0.338 e. The van der Waals surface area contributed by atoms with Crippen LogP contribution in [0.5, 0.6) is 0 Å². The van der Waals surface area contributed by atoms with Crippen molar-refractivity contribution < 1.29 is 4.52 Å². The molecular weight excluding hydrogens is 202 g/mol. The quantitative estimate of drug-likeness (QED) is 0.618. The van der Waals surface area contributed by atoms with Crippen LogP contribution >= 0.6 is 0 Å². The first-order valence-electron chi connectivity index (χ1n) is 5.76. The smallest absolute Gasteiger partial charge is 0.240 e. The van der Waals surface area contributed by atoms with Crippen LogP contribution in [0.2, 0.25) is 0 Å². The van der Waals surface area contributed by atoms with Crippen molar-refractivity contribution in [1.82, 2.24) is 15.5 Å². The lowest BCUT2D eigenvalue weighted by molar-refractivity contribution is 0.362. The molecule has 1 aliphatic carbocycles. The summed E-state index contributed by atoms with van der Waals surface area (Å²) < 4.78 is 5.17. The van der Waals surface area contributed by atoms with E-state index >= 15 is 0 Å². The lowest BCUT2D eigenvalue weighted by Gasteiger charge is -2.01. The van der Waals surface area contributed by atoms with Crippen molar-refractivity contribution in [3.8, 4) is 12.3 Å². The van der Waals surface area contributed by atoms with Gasteiger partial charge >= 0.3 is 0 Å². The van der Waals surface area contributed by atoms with Crippen molar-refractivity contribution in [3.05, 3.63) is 11.7 Å². The molecule has 0 radical (unpaired) electrons. The van der Waals surface area contributed by atoms with Gasteiger partial charge in [0.15, 0.2) is 5.82 Å². The highest BCUT2D eigenvalue weighted by molar-refractivity contribution is 4.99. The molecule has 0 bridgehead atoms. The molecule has 1 N–H and O–H groups in total. The van der Waals surface area contributed by atoms with E-state index in [-0.39, 0.29) is 0 Å². The van der Waals surface area contributed by atoms with Crippen LogP contribution in [0.15, 0.2) is 4.52 Å². The van der Waals surface area contributed by atoms with Gasteiger partial charge in [-0.1, -0.05) is 18.0 Å². The minimum Gasteiger partial charge on any atom is -0.338 e. The normalized spacial score (nSPS) is 24.5. The van der Waals surface area contributed by atoms with Gasteiger partial charge in [-0.3, -0.25) is 5.32 Å². The van der Waals surface area contributed by atoms with Crippen molar-refractivity contribution in [2.45, 2.75) is 38.6 Å². The third kappa shape index (κ3) is 2.61. The zero-order valence-electron chi connectivity index (χ0n) is 9.57. The molecule has 4 heteroatoms. The second kappa shape index (κ2) is 5.13. The van der Waals surface area contributed by atoms with Crippen LogP contribution < -0.4 is 5.32 Å². The van der Waals surface area contributed by atoms with E-state index in [2.05, 4.69) is 28.3 Å². The molecule has 0 spiro atoms. The van der Waals surface area contributed by atoms with Gasteiger partial charge in [-0.15, -0.1) is 6.42 Å². The summed E-state index contributed by atoms with van der Waals surface area (Å²) in [5.74, 6) is 5.27. The van der Waals surface area contributed by atoms with Gasteiger partial charge in [-0.25, -0.2) is 0 Å². The van der Waals surface area contributed by atoms with Crippen LogP contribution in [0.1, 0.15) is 43.8 Å². The minimum atomic E-state index is 0.486. The van der Waals surface area contributed by atoms with Crippen molar-refractivity contribution in [2.75, 3.05) is 6.54 Å². The van der Waals surface area contributed by atoms with Gasteiger partial charge in [0, 0.05) is 5.92 Å². The average molecular weight is 219 g/mol. The number of nitrogens with one attached hydrogen (secondary N) is 1. The van der Waals surface area contributed by atoms with E-state index in [4.69, 9.17) is 10.9 Å². The molecule has 2 atom stereocenters. The van der Waals surface area contributed by atoms with Crippen molar-refractivity contribution in [2.24, 2.45) is 5.92 Å². The van der Waals surface area contributed by atoms with E-state index in [1.807, 2.05) is 0 Å². The number of hydrogen-bond acceptors (Lipinski definition) is 4. The Morgan fingerprint density at radius 3 is 3.12 bits per heavy atom. The first-order chi connectivity index (χ1) is 7.79. The molecule has 2 unspecified atom stereocenters. The Hall–Kier alpha value is -1.34. The third-order valence-corrected chi connectivity index (χ3v) is 3.05. The topological polar surface area (TPSA) is 51.0 Å². The summed E-state index contributed by atoms with van der Waals surface area (Å²) in [6.45, 7) is 3.35. The summed E-state index contributed by atoms with van der Waals surface area (Å²) in [4.78, 5) is 4.39. The standard InChI is InChI=1S/C12H17N3O/c1-3-6-13-8-11-14-12(15-16-11)10-5-4-9(2)7-10/h1,9-10,13H,4-8H2,2H3. The number of rotatable bonds is 4. The van der Waals surface area contributed by atoms with E-state index in [0.717, 1.165) is 11.7 Å². The SMILES string of the molecule is C#CCNCc1nc(C2CCC(C)C2)no1. The number of terminal acetylenes is 1. The van der Waals surface area contributed by atoms with Gasteiger partial charge in [-0.2, -0.15) is 4.98 Å². The fraction of sp³-hybridized carbons (Fsp3) is 0.667. The Bertz CT molecular complexity index is 380. The number of aromatic nitrogens is 2. The van der Waals surface area contributed by atoms with Gasteiger partial charge in [0.2, 0.25) is 5.89 Å². The zero-order chi connectivity index (χ0) is 11.4. The number of nitrogens with zero attached hydrogens (tertiary/aromatic N) is 2. The summed E-state index contributed by atoms with van der Waals surface area (Å²) in [7, 11) is 0. The molecule has 16 heavy (non-hydrogen) atoms. The summed E-state index contributed by atoms with van der Waals surface area (Å²) in [6.07, 6.45) is 8.76. The molecule has 1 aliphatic rings. The van der Waals surface area contributed by atoms with Crippen molar-refractivity contribution >= 4 is 0 Å². The minimum absolute atomic E-state index is 0.486. The Balaban J connectivity index is 1.90. The molecule has 0 aliphatic heterocycles. The number of hydrogen-bond donors (Lipinski definition) is 1. The van der Waals surface area contributed by atoms with E-state index in [0.29, 0.717) is 24.9 Å². The molecule has 86 valence electrons. The first-order valence-corrected chi connectivity index (χ1v) is 5.76. The van der Waals surface area contributed by atoms with Gasteiger partial charge in [0.1, 0.15) is 0 Å². The molecule has 1 fully saturated rings. The zero-order valence-corrected chi connectivity index (χ0v) is 9.57. The maximum absolute atomic E-state index is 5.17. The summed E-state index contributed by atoms with van der Waals surface area (Å²) in [5.41, 5.74) is 0. The summed E-state index contributed by atoms with van der Waals surface area (Å²) >= 11 is 0.